The zero-order valence-electron chi connectivity index (χ0n) is 13.6. The van der Waals surface area contributed by atoms with E-state index < -0.39 is 0 Å². The van der Waals surface area contributed by atoms with Gasteiger partial charge in [-0.3, -0.25) is 9.59 Å². The van der Waals surface area contributed by atoms with Crippen molar-refractivity contribution in [1.82, 2.24) is 10.2 Å². The highest BCUT2D eigenvalue weighted by Crippen LogP contribution is 2.19. The fourth-order valence-electron chi connectivity index (χ4n) is 2.19. The smallest absolute Gasteiger partial charge is 0.255 e. The lowest BCUT2D eigenvalue weighted by atomic mass is 10.2. The van der Waals surface area contributed by atoms with E-state index in [0.29, 0.717) is 17.1 Å². The average molecular weight is 475 g/mol. The molecule has 0 unspecified atom stereocenters. The van der Waals surface area contributed by atoms with Crippen molar-refractivity contribution >= 4 is 46.0 Å². The Bertz CT molecular complexity index is 768. The normalized spacial score (nSPS) is 10.4. The molecule has 0 heterocycles. The minimum absolute atomic E-state index is 0.0464. The second-order valence-electron chi connectivity index (χ2n) is 5.35. The predicted molar refractivity (Wildman–Crippen MR) is 104 cm³/mol. The quantitative estimate of drug-likeness (QED) is 0.647. The number of halogens is 3. The largest absolute Gasteiger partial charge is 0.350 e. The van der Waals surface area contributed by atoms with Crippen LogP contribution in [0.1, 0.15) is 22.8 Å². The summed E-state index contributed by atoms with van der Waals surface area (Å²) >= 11 is 7.96. The van der Waals surface area contributed by atoms with Gasteiger partial charge in [0.05, 0.1) is 12.1 Å². The molecule has 0 saturated carbocycles. The lowest BCUT2D eigenvalue weighted by Crippen LogP contribution is -2.40. The van der Waals surface area contributed by atoms with Crippen LogP contribution in [0.3, 0.4) is 0 Å². The Hall–Kier alpha value is -1.67. The Morgan fingerprint density at radius 3 is 2.48 bits per heavy atom. The Morgan fingerprint density at radius 2 is 1.88 bits per heavy atom. The molecule has 1 N–H and O–H groups in total. The maximum Gasteiger partial charge on any atom is 0.255 e. The zero-order chi connectivity index (χ0) is 18.4. The van der Waals surface area contributed by atoms with Gasteiger partial charge in [-0.05, 0) is 65.4 Å². The Labute approximate surface area is 164 Å². The van der Waals surface area contributed by atoms with Gasteiger partial charge in [0.15, 0.2) is 0 Å². The van der Waals surface area contributed by atoms with Crippen molar-refractivity contribution in [2.24, 2.45) is 0 Å². The van der Waals surface area contributed by atoms with Crippen LogP contribution in [0.2, 0.25) is 5.02 Å². The van der Waals surface area contributed by atoms with Crippen LogP contribution in [0.15, 0.2) is 42.5 Å². The van der Waals surface area contributed by atoms with Crippen LogP contribution in [0, 0.1) is 9.39 Å². The summed E-state index contributed by atoms with van der Waals surface area (Å²) in [4.78, 5) is 26.2. The van der Waals surface area contributed by atoms with Crippen LogP contribution in [0.25, 0.3) is 0 Å². The molecule has 132 valence electrons. The van der Waals surface area contributed by atoms with E-state index in [0.717, 1.165) is 9.13 Å². The second-order valence-corrected chi connectivity index (χ2v) is 6.95. The van der Waals surface area contributed by atoms with E-state index in [4.69, 9.17) is 11.6 Å². The Kier molecular flexibility index (Phi) is 7.19. The predicted octanol–water partition coefficient (Wildman–Crippen LogP) is 3.86. The molecule has 4 nitrogen and oxygen atoms in total. The molecular formula is C18H17ClFIN2O2. The number of hydrogen-bond acceptors (Lipinski definition) is 2. The first-order valence-corrected chi connectivity index (χ1v) is 9.12. The van der Waals surface area contributed by atoms with Crippen molar-refractivity contribution in [1.29, 1.82) is 0 Å². The minimum atomic E-state index is -0.324. The lowest BCUT2D eigenvalue weighted by Gasteiger charge is -2.21. The summed E-state index contributed by atoms with van der Waals surface area (Å²) in [6, 6.07) is 10.9. The molecule has 0 spiro atoms. The summed E-state index contributed by atoms with van der Waals surface area (Å²) in [6.45, 7) is 2.45. The fourth-order valence-corrected chi connectivity index (χ4v) is 3.29. The van der Waals surface area contributed by atoms with Gasteiger partial charge in [0, 0.05) is 21.7 Å². The van der Waals surface area contributed by atoms with Gasteiger partial charge in [-0.2, -0.15) is 0 Å². The topological polar surface area (TPSA) is 49.4 Å². The molecule has 0 bridgehead atoms. The highest BCUT2D eigenvalue weighted by molar-refractivity contribution is 14.1. The van der Waals surface area contributed by atoms with Crippen molar-refractivity contribution in [3.8, 4) is 0 Å². The second kappa shape index (κ2) is 9.15. The van der Waals surface area contributed by atoms with Crippen molar-refractivity contribution in [2.45, 2.75) is 13.5 Å². The molecule has 0 saturated heterocycles. The number of carbonyl (C=O) groups excluding carboxylic acids is 2. The zero-order valence-corrected chi connectivity index (χ0v) is 16.5. The number of likely N-dealkylation sites (N-methyl/N-ethyl adjacent to an activating group) is 1. The third-order valence-electron chi connectivity index (χ3n) is 3.57. The van der Waals surface area contributed by atoms with Crippen molar-refractivity contribution in [3.05, 3.63) is 68.0 Å². The van der Waals surface area contributed by atoms with Gasteiger partial charge in [-0.15, -0.1) is 0 Å². The molecule has 0 aliphatic carbocycles. The average Bonchev–Trinajstić information content (AvgIpc) is 2.58. The number of nitrogens with zero attached hydrogens (tertiary/aromatic N) is 1. The van der Waals surface area contributed by atoms with Crippen LogP contribution in [-0.4, -0.2) is 29.8 Å². The molecule has 25 heavy (non-hydrogen) atoms. The molecule has 2 aromatic rings. The van der Waals surface area contributed by atoms with Gasteiger partial charge in [-0.25, -0.2) is 4.39 Å². The monoisotopic (exact) mass is 474 g/mol. The van der Waals surface area contributed by atoms with Crippen molar-refractivity contribution in [2.75, 3.05) is 13.1 Å². The maximum absolute atomic E-state index is 12.9. The molecule has 0 radical (unpaired) electrons. The fraction of sp³-hybridized carbons (Fsp3) is 0.222. The number of rotatable bonds is 6. The SMILES string of the molecule is CCN(CC(=O)NCc1ccc(F)cc1)C(=O)c1ccc(Cl)cc1I. The number of amides is 2. The number of carbonyl (C=O) groups is 2. The van der Waals surface area contributed by atoms with Crippen LogP contribution in [-0.2, 0) is 11.3 Å². The number of nitrogens with one attached hydrogen (secondary N) is 1. The summed E-state index contributed by atoms with van der Waals surface area (Å²) < 4.78 is 13.6. The molecule has 7 heteroatoms. The molecule has 0 aliphatic heterocycles. The Morgan fingerprint density at radius 1 is 1.20 bits per heavy atom. The number of hydrogen-bond donors (Lipinski definition) is 1. The van der Waals surface area contributed by atoms with E-state index in [2.05, 4.69) is 5.32 Å². The van der Waals surface area contributed by atoms with Crippen molar-refractivity contribution in [3.63, 3.8) is 0 Å². The van der Waals surface area contributed by atoms with Gasteiger partial charge in [0.2, 0.25) is 5.91 Å². The first-order valence-electron chi connectivity index (χ1n) is 7.66. The van der Waals surface area contributed by atoms with Crippen LogP contribution in [0.5, 0.6) is 0 Å². The molecule has 0 atom stereocenters. The van der Waals surface area contributed by atoms with E-state index in [1.54, 1.807) is 30.3 Å². The van der Waals surface area contributed by atoms with E-state index in [9.17, 15) is 14.0 Å². The summed E-state index contributed by atoms with van der Waals surface area (Å²) in [5.41, 5.74) is 1.30. The molecular weight excluding hydrogens is 458 g/mol. The van der Waals surface area contributed by atoms with Crippen LogP contribution in [0.4, 0.5) is 4.39 Å². The van der Waals surface area contributed by atoms with Gasteiger partial charge in [-0.1, -0.05) is 23.7 Å². The standard InChI is InChI=1S/C18H17ClFIN2O2/c1-2-23(18(25)15-8-5-13(19)9-16(15)21)11-17(24)22-10-12-3-6-14(20)7-4-12/h3-9H,2,10-11H2,1H3,(H,22,24). The summed E-state index contributed by atoms with van der Waals surface area (Å²) in [7, 11) is 0. The van der Waals surface area contributed by atoms with E-state index in [1.165, 1.54) is 17.0 Å². The van der Waals surface area contributed by atoms with E-state index in [-0.39, 0.29) is 30.7 Å². The van der Waals surface area contributed by atoms with Gasteiger partial charge < -0.3 is 10.2 Å². The molecule has 0 fully saturated rings. The third kappa shape index (κ3) is 5.67. The van der Waals surface area contributed by atoms with E-state index in [1.807, 2.05) is 29.5 Å². The van der Waals surface area contributed by atoms with E-state index >= 15 is 0 Å². The summed E-state index contributed by atoms with van der Waals surface area (Å²) in [6.07, 6.45) is 0. The first-order chi connectivity index (χ1) is 11.9. The lowest BCUT2D eigenvalue weighted by molar-refractivity contribution is -0.121. The highest BCUT2D eigenvalue weighted by atomic mass is 127. The first kappa shape index (κ1) is 19.7. The minimum Gasteiger partial charge on any atom is -0.350 e. The van der Waals surface area contributed by atoms with Crippen molar-refractivity contribution < 1.29 is 14.0 Å². The highest BCUT2D eigenvalue weighted by Gasteiger charge is 2.19. The molecule has 0 aromatic heterocycles. The third-order valence-corrected chi connectivity index (χ3v) is 4.70. The molecule has 2 rings (SSSR count). The summed E-state index contributed by atoms with van der Waals surface area (Å²) in [5.74, 6) is -0.820. The molecule has 0 aliphatic rings. The van der Waals surface area contributed by atoms with Gasteiger partial charge >= 0.3 is 0 Å². The van der Waals surface area contributed by atoms with Crippen LogP contribution >= 0.6 is 34.2 Å². The van der Waals surface area contributed by atoms with Gasteiger partial charge in [0.25, 0.3) is 5.91 Å². The maximum atomic E-state index is 12.9. The molecule has 2 amide bonds. The van der Waals surface area contributed by atoms with Gasteiger partial charge in [0.1, 0.15) is 5.82 Å². The number of benzene rings is 2. The molecule has 2 aromatic carbocycles. The Balaban J connectivity index is 1.96. The van der Waals surface area contributed by atoms with Crippen LogP contribution < -0.4 is 5.32 Å². The summed E-state index contributed by atoms with van der Waals surface area (Å²) in [5, 5.41) is 3.29.